The normalized spacial score (nSPS) is 18.7. The van der Waals surface area contributed by atoms with Crippen molar-refractivity contribution in [3.63, 3.8) is 0 Å². The molecule has 0 atom stereocenters. The number of hydrogen-bond donors (Lipinski definition) is 3. The van der Waals surface area contributed by atoms with E-state index in [4.69, 9.17) is 10.6 Å². The van der Waals surface area contributed by atoms with Crippen LogP contribution in [0.5, 0.6) is 0 Å². The Morgan fingerprint density at radius 3 is 2.80 bits per heavy atom. The minimum atomic E-state index is -3.56. The first-order valence-electron chi connectivity index (χ1n) is 6.45. The standard InChI is InChI=1S/C12H20N4O3S/c1-12(3-6-19-7-4-12)9-15-20(17,18)10-2-5-14-11(8-10)16-13/h2,5,8,15H,3-4,6-7,9,13H2,1H3,(H,14,16). The molecule has 1 aliphatic heterocycles. The van der Waals surface area contributed by atoms with Gasteiger partial charge < -0.3 is 10.2 Å². The molecule has 0 bridgehead atoms. The lowest BCUT2D eigenvalue weighted by Gasteiger charge is -2.33. The summed E-state index contributed by atoms with van der Waals surface area (Å²) in [4.78, 5) is 4.04. The number of rotatable bonds is 5. The highest BCUT2D eigenvalue weighted by Gasteiger charge is 2.29. The molecule has 8 heteroatoms. The molecular weight excluding hydrogens is 280 g/mol. The van der Waals surface area contributed by atoms with E-state index in [1.807, 2.05) is 0 Å². The first kappa shape index (κ1) is 15.2. The largest absolute Gasteiger partial charge is 0.381 e. The highest BCUT2D eigenvalue weighted by molar-refractivity contribution is 7.89. The maximum atomic E-state index is 12.2. The van der Waals surface area contributed by atoms with E-state index >= 15 is 0 Å². The van der Waals surface area contributed by atoms with Crippen molar-refractivity contribution in [1.82, 2.24) is 9.71 Å². The third-order valence-electron chi connectivity index (χ3n) is 3.58. The summed E-state index contributed by atoms with van der Waals surface area (Å²) in [6, 6.07) is 2.84. The molecular formula is C12H20N4O3S. The van der Waals surface area contributed by atoms with Gasteiger partial charge >= 0.3 is 0 Å². The third-order valence-corrected chi connectivity index (χ3v) is 4.98. The fourth-order valence-electron chi connectivity index (χ4n) is 2.05. The lowest BCUT2D eigenvalue weighted by Crippen LogP contribution is -2.39. The van der Waals surface area contributed by atoms with Crippen molar-refractivity contribution in [3.8, 4) is 0 Å². The number of sulfonamides is 1. The number of hydrogen-bond acceptors (Lipinski definition) is 6. The Morgan fingerprint density at radius 1 is 1.45 bits per heavy atom. The Balaban J connectivity index is 2.06. The molecule has 20 heavy (non-hydrogen) atoms. The summed E-state index contributed by atoms with van der Waals surface area (Å²) in [7, 11) is -3.56. The van der Waals surface area contributed by atoms with E-state index in [2.05, 4.69) is 22.1 Å². The summed E-state index contributed by atoms with van der Waals surface area (Å²) in [6.45, 7) is 3.81. The number of nitrogen functional groups attached to an aromatic ring is 1. The number of aromatic nitrogens is 1. The van der Waals surface area contributed by atoms with Crippen molar-refractivity contribution in [2.45, 2.75) is 24.7 Å². The van der Waals surface area contributed by atoms with Crippen LogP contribution in [0.25, 0.3) is 0 Å². The molecule has 1 fully saturated rings. The van der Waals surface area contributed by atoms with Crippen molar-refractivity contribution < 1.29 is 13.2 Å². The predicted molar refractivity (Wildman–Crippen MR) is 75.4 cm³/mol. The number of ether oxygens (including phenoxy) is 1. The molecule has 1 aliphatic rings. The van der Waals surface area contributed by atoms with Crippen molar-refractivity contribution in [3.05, 3.63) is 18.3 Å². The Morgan fingerprint density at radius 2 is 2.15 bits per heavy atom. The second-order valence-corrected chi connectivity index (χ2v) is 7.04. The Hall–Kier alpha value is -1.22. The molecule has 0 amide bonds. The molecule has 1 saturated heterocycles. The molecule has 2 heterocycles. The first-order valence-corrected chi connectivity index (χ1v) is 7.94. The molecule has 4 N–H and O–H groups in total. The Bertz CT molecular complexity index is 556. The molecule has 1 aromatic rings. The van der Waals surface area contributed by atoms with Gasteiger partial charge in [0.1, 0.15) is 5.82 Å². The topological polar surface area (TPSA) is 106 Å². The van der Waals surface area contributed by atoms with Gasteiger partial charge in [0.15, 0.2) is 0 Å². The summed E-state index contributed by atoms with van der Waals surface area (Å²) < 4.78 is 32.5. The van der Waals surface area contributed by atoms with E-state index in [1.54, 1.807) is 0 Å². The van der Waals surface area contributed by atoms with Crippen molar-refractivity contribution in [2.75, 3.05) is 25.2 Å². The average Bonchev–Trinajstić information content (AvgIpc) is 2.46. The van der Waals surface area contributed by atoms with E-state index in [-0.39, 0.29) is 10.3 Å². The van der Waals surface area contributed by atoms with Crippen LogP contribution in [0, 0.1) is 5.41 Å². The van der Waals surface area contributed by atoms with Crippen LogP contribution in [0.2, 0.25) is 0 Å². The highest BCUT2D eigenvalue weighted by Crippen LogP contribution is 2.29. The van der Waals surface area contributed by atoms with Gasteiger partial charge in [0.2, 0.25) is 10.0 Å². The van der Waals surface area contributed by atoms with Gasteiger partial charge in [0, 0.05) is 32.0 Å². The monoisotopic (exact) mass is 300 g/mol. The van der Waals surface area contributed by atoms with E-state index < -0.39 is 10.0 Å². The van der Waals surface area contributed by atoms with E-state index in [0.717, 1.165) is 12.8 Å². The first-order chi connectivity index (χ1) is 9.45. The fraction of sp³-hybridized carbons (Fsp3) is 0.583. The summed E-state index contributed by atoms with van der Waals surface area (Å²) in [5.74, 6) is 5.54. The maximum absolute atomic E-state index is 12.2. The molecule has 0 aliphatic carbocycles. The number of hydrazine groups is 1. The van der Waals surface area contributed by atoms with Crippen LogP contribution in [0.1, 0.15) is 19.8 Å². The van der Waals surface area contributed by atoms with Crippen molar-refractivity contribution in [1.29, 1.82) is 0 Å². The number of nitrogens with zero attached hydrogens (tertiary/aromatic N) is 1. The molecule has 0 spiro atoms. The van der Waals surface area contributed by atoms with E-state index in [1.165, 1.54) is 18.3 Å². The van der Waals surface area contributed by atoms with Gasteiger partial charge in [-0.05, 0) is 24.3 Å². The SMILES string of the molecule is CC1(CNS(=O)(=O)c2ccnc(NN)c2)CCOCC1. The highest BCUT2D eigenvalue weighted by atomic mass is 32.2. The van der Waals surface area contributed by atoms with Gasteiger partial charge in [0.25, 0.3) is 0 Å². The molecule has 0 unspecified atom stereocenters. The van der Waals surface area contributed by atoms with E-state index in [9.17, 15) is 8.42 Å². The predicted octanol–water partition coefficient (Wildman–Crippen LogP) is 0.462. The van der Waals surface area contributed by atoms with Gasteiger partial charge in [-0.1, -0.05) is 6.92 Å². The summed E-state index contributed by atoms with van der Waals surface area (Å²) >= 11 is 0. The molecule has 2 rings (SSSR count). The van der Waals surface area contributed by atoms with Crippen LogP contribution in [0.4, 0.5) is 5.82 Å². The van der Waals surface area contributed by atoms with Crippen LogP contribution < -0.4 is 16.0 Å². The summed E-state index contributed by atoms with van der Waals surface area (Å²) in [5, 5.41) is 0. The van der Waals surface area contributed by atoms with Gasteiger partial charge in [-0.15, -0.1) is 0 Å². The lowest BCUT2D eigenvalue weighted by molar-refractivity contribution is 0.0265. The zero-order valence-corrected chi connectivity index (χ0v) is 12.2. The van der Waals surface area contributed by atoms with Crippen LogP contribution in [-0.2, 0) is 14.8 Å². The van der Waals surface area contributed by atoms with Crippen LogP contribution in [-0.4, -0.2) is 33.2 Å². The number of nitrogens with two attached hydrogens (primary N) is 1. The maximum Gasteiger partial charge on any atom is 0.240 e. The second-order valence-electron chi connectivity index (χ2n) is 5.27. The molecule has 7 nitrogen and oxygen atoms in total. The smallest absolute Gasteiger partial charge is 0.240 e. The third kappa shape index (κ3) is 3.66. The van der Waals surface area contributed by atoms with Crippen LogP contribution >= 0.6 is 0 Å². The molecule has 0 saturated carbocycles. The van der Waals surface area contributed by atoms with E-state index in [0.29, 0.717) is 25.6 Å². The van der Waals surface area contributed by atoms with Gasteiger partial charge in [-0.25, -0.2) is 24.0 Å². The number of anilines is 1. The Kier molecular flexibility index (Phi) is 4.59. The zero-order chi connectivity index (χ0) is 14.6. The average molecular weight is 300 g/mol. The minimum absolute atomic E-state index is 0.0622. The second kappa shape index (κ2) is 6.04. The van der Waals surface area contributed by atoms with Crippen LogP contribution in [0.15, 0.2) is 23.2 Å². The number of pyridine rings is 1. The van der Waals surface area contributed by atoms with Crippen LogP contribution in [0.3, 0.4) is 0 Å². The van der Waals surface area contributed by atoms with Gasteiger partial charge in [-0.2, -0.15) is 0 Å². The number of nitrogens with one attached hydrogen (secondary N) is 2. The quantitative estimate of drug-likeness (QED) is 0.539. The summed E-state index contributed by atoms with van der Waals surface area (Å²) in [5.41, 5.74) is 2.27. The van der Waals surface area contributed by atoms with Gasteiger partial charge in [0.05, 0.1) is 4.90 Å². The molecule has 1 aromatic heterocycles. The zero-order valence-electron chi connectivity index (χ0n) is 11.4. The molecule has 0 radical (unpaired) electrons. The minimum Gasteiger partial charge on any atom is -0.381 e. The lowest BCUT2D eigenvalue weighted by atomic mass is 9.83. The Labute approximate surface area is 118 Å². The molecule has 0 aromatic carbocycles. The summed E-state index contributed by atoms with van der Waals surface area (Å²) in [6.07, 6.45) is 3.10. The molecule has 112 valence electrons. The van der Waals surface area contributed by atoms with Gasteiger partial charge in [-0.3, -0.25) is 0 Å². The van der Waals surface area contributed by atoms with Crippen molar-refractivity contribution in [2.24, 2.45) is 11.3 Å². The fourth-order valence-corrected chi connectivity index (χ4v) is 3.26. The van der Waals surface area contributed by atoms with Crippen molar-refractivity contribution >= 4 is 15.8 Å².